The molecule has 2 aromatic carbocycles. The van der Waals surface area contributed by atoms with Crippen molar-refractivity contribution < 1.29 is 4.79 Å². The predicted octanol–water partition coefficient (Wildman–Crippen LogP) is 5.66. The predicted molar refractivity (Wildman–Crippen MR) is 135 cm³/mol. The van der Waals surface area contributed by atoms with E-state index in [1.165, 1.54) is 22.3 Å². The van der Waals surface area contributed by atoms with Gasteiger partial charge in [-0.05, 0) is 67.7 Å². The molecule has 0 spiro atoms. The number of pyridine rings is 1. The SMILES string of the molecule is CCN(CC)C(=O)c1ccc(C(=C2CCN(Cc3ccccn3)CC2)c2ccccc2)cc1. The van der Waals surface area contributed by atoms with E-state index in [0.717, 1.165) is 56.8 Å². The van der Waals surface area contributed by atoms with Crippen LogP contribution < -0.4 is 0 Å². The molecular formula is C29H33N3O. The van der Waals surface area contributed by atoms with Gasteiger partial charge in [0.2, 0.25) is 0 Å². The first-order valence-corrected chi connectivity index (χ1v) is 12.0. The third-order valence-electron chi connectivity index (χ3n) is 6.46. The molecule has 0 atom stereocenters. The number of nitrogens with zero attached hydrogens (tertiary/aromatic N) is 3. The molecule has 0 unspecified atom stereocenters. The minimum atomic E-state index is 0.100. The Kier molecular flexibility index (Phi) is 7.69. The van der Waals surface area contributed by atoms with Crippen molar-refractivity contribution in [3.05, 3.63) is 107 Å². The molecule has 1 amide bonds. The highest BCUT2D eigenvalue weighted by molar-refractivity contribution is 5.95. The fraction of sp³-hybridized carbons (Fsp3) is 0.310. The van der Waals surface area contributed by atoms with E-state index in [2.05, 4.69) is 64.5 Å². The second kappa shape index (κ2) is 11.1. The van der Waals surface area contributed by atoms with E-state index in [4.69, 9.17) is 0 Å². The van der Waals surface area contributed by atoms with Gasteiger partial charge in [-0.15, -0.1) is 0 Å². The van der Waals surface area contributed by atoms with Crippen molar-refractivity contribution in [2.75, 3.05) is 26.2 Å². The molecule has 1 fully saturated rings. The topological polar surface area (TPSA) is 36.4 Å². The van der Waals surface area contributed by atoms with Crippen LogP contribution in [0.1, 0.15) is 53.9 Å². The van der Waals surface area contributed by atoms with Gasteiger partial charge in [-0.1, -0.05) is 54.1 Å². The minimum absolute atomic E-state index is 0.100. The molecule has 170 valence electrons. The number of carbonyl (C=O) groups is 1. The maximum atomic E-state index is 12.7. The molecule has 4 nitrogen and oxygen atoms in total. The number of amides is 1. The van der Waals surface area contributed by atoms with Crippen LogP contribution in [0.2, 0.25) is 0 Å². The lowest BCUT2D eigenvalue weighted by molar-refractivity contribution is 0.0773. The minimum Gasteiger partial charge on any atom is -0.339 e. The molecule has 1 saturated heterocycles. The van der Waals surface area contributed by atoms with Gasteiger partial charge in [0.05, 0.1) is 5.69 Å². The zero-order valence-electron chi connectivity index (χ0n) is 19.7. The molecule has 4 heteroatoms. The van der Waals surface area contributed by atoms with E-state index in [0.29, 0.717) is 0 Å². The van der Waals surface area contributed by atoms with Gasteiger partial charge in [-0.3, -0.25) is 14.7 Å². The lowest BCUT2D eigenvalue weighted by atomic mass is 9.88. The van der Waals surface area contributed by atoms with Crippen molar-refractivity contribution in [3.63, 3.8) is 0 Å². The van der Waals surface area contributed by atoms with E-state index in [1.54, 1.807) is 0 Å². The molecule has 0 saturated carbocycles. The van der Waals surface area contributed by atoms with Gasteiger partial charge in [-0.2, -0.15) is 0 Å². The van der Waals surface area contributed by atoms with Crippen molar-refractivity contribution >= 4 is 11.5 Å². The largest absolute Gasteiger partial charge is 0.339 e. The third-order valence-corrected chi connectivity index (χ3v) is 6.46. The third kappa shape index (κ3) is 5.58. The summed E-state index contributed by atoms with van der Waals surface area (Å²) in [7, 11) is 0. The number of benzene rings is 2. The highest BCUT2D eigenvalue weighted by Crippen LogP contribution is 2.33. The van der Waals surface area contributed by atoms with Gasteiger partial charge in [0.15, 0.2) is 0 Å². The average Bonchev–Trinajstić information content (AvgIpc) is 2.88. The Bertz CT molecular complexity index is 1060. The van der Waals surface area contributed by atoms with Crippen molar-refractivity contribution in [3.8, 4) is 0 Å². The molecule has 1 aliphatic heterocycles. The van der Waals surface area contributed by atoms with Crippen LogP contribution in [0.25, 0.3) is 5.57 Å². The Labute approximate surface area is 197 Å². The van der Waals surface area contributed by atoms with Crippen LogP contribution in [0.15, 0.2) is 84.6 Å². The average molecular weight is 440 g/mol. The number of piperidine rings is 1. The summed E-state index contributed by atoms with van der Waals surface area (Å²) >= 11 is 0. The Hall–Kier alpha value is -3.24. The van der Waals surface area contributed by atoms with Crippen LogP contribution in [0.3, 0.4) is 0 Å². The highest BCUT2D eigenvalue weighted by atomic mass is 16.2. The Morgan fingerprint density at radius 1 is 0.818 bits per heavy atom. The van der Waals surface area contributed by atoms with Crippen LogP contribution in [-0.4, -0.2) is 46.9 Å². The Morgan fingerprint density at radius 3 is 2.03 bits per heavy atom. The normalized spacial score (nSPS) is 14.2. The van der Waals surface area contributed by atoms with Gasteiger partial charge < -0.3 is 4.90 Å². The van der Waals surface area contributed by atoms with Gasteiger partial charge in [0.1, 0.15) is 0 Å². The lowest BCUT2D eigenvalue weighted by Gasteiger charge is -2.30. The van der Waals surface area contributed by atoms with Crippen molar-refractivity contribution in [1.29, 1.82) is 0 Å². The maximum Gasteiger partial charge on any atom is 0.253 e. The van der Waals surface area contributed by atoms with Gasteiger partial charge in [-0.25, -0.2) is 0 Å². The van der Waals surface area contributed by atoms with Gasteiger partial charge in [0, 0.05) is 44.5 Å². The summed E-state index contributed by atoms with van der Waals surface area (Å²) in [5.41, 5.74) is 7.11. The summed E-state index contributed by atoms with van der Waals surface area (Å²) < 4.78 is 0. The number of likely N-dealkylation sites (tertiary alicyclic amines) is 1. The van der Waals surface area contributed by atoms with Crippen LogP contribution in [0.5, 0.6) is 0 Å². The van der Waals surface area contributed by atoms with E-state index in [9.17, 15) is 4.79 Å². The monoisotopic (exact) mass is 439 g/mol. The fourth-order valence-corrected chi connectivity index (χ4v) is 4.60. The Balaban J connectivity index is 1.58. The number of hydrogen-bond acceptors (Lipinski definition) is 3. The molecule has 4 rings (SSSR count). The highest BCUT2D eigenvalue weighted by Gasteiger charge is 2.20. The van der Waals surface area contributed by atoms with Gasteiger partial charge >= 0.3 is 0 Å². The molecule has 0 radical (unpaired) electrons. The van der Waals surface area contributed by atoms with E-state index in [1.807, 2.05) is 43.1 Å². The summed E-state index contributed by atoms with van der Waals surface area (Å²) in [6.45, 7) is 8.46. The first kappa shape index (κ1) is 22.9. The van der Waals surface area contributed by atoms with Crippen molar-refractivity contribution in [2.45, 2.75) is 33.2 Å². The second-order valence-corrected chi connectivity index (χ2v) is 8.50. The standard InChI is InChI=1S/C29H33N3O/c1-3-32(4-2)29(33)26-15-13-24(14-16-26)28(23-10-6-5-7-11-23)25-17-20-31(21-18-25)22-27-12-8-9-19-30-27/h5-16,19H,3-4,17-18,20-22H2,1-2H3. The molecule has 1 aliphatic rings. The number of hydrogen-bond donors (Lipinski definition) is 0. The van der Waals surface area contributed by atoms with Crippen LogP contribution >= 0.6 is 0 Å². The summed E-state index contributed by atoms with van der Waals surface area (Å²) in [5.74, 6) is 0.100. The number of rotatable bonds is 7. The fourth-order valence-electron chi connectivity index (χ4n) is 4.60. The van der Waals surface area contributed by atoms with E-state index >= 15 is 0 Å². The quantitative estimate of drug-likeness (QED) is 0.476. The number of carbonyl (C=O) groups excluding carboxylic acids is 1. The molecule has 33 heavy (non-hydrogen) atoms. The summed E-state index contributed by atoms with van der Waals surface area (Å²) in [6, 6.07) is 25.0. The molecule has 3 aromatic rings. The smallest absolute Gasteiger partial charge is 0.253 e. The summed E-state index contributed by atoms with van der Waals surface area (Å²) in [4.78, 5) is 21.6. The molecule has 2 heterocycles. The zero-order chi connectivity index (χ0) is 23.0. The van der Waals surface area contributed by atoms with Crippen LogP contribution in [0.4, 0.5) is 0 Å². The van der Waals surface area contributed by atoms with Crippen molar-refractivity contribution in [2.24, 2.45) is 0 Å². The van der Waals surface area contributed by atoms with E-state index < -0.39 is 0 Å². The van der Waals surface area contributed by atoms with Crippen LogP contribution in [0, 0.1) is 0 Å². The second-order valence-electron chi connectivity index (χ2n) is 8.50. The molecule has 0 aliphatic carbocycles. The summed E-state index contributed by atoms with van der Waals surface area (Å²) in [5, 5.41) is 0. The molecule has 0 N–H and O–H groups in total. The first-order chi connectivity index (χ1) is 16.2. The molecule has 1 aromatic heterocycles. The maximum absolute atomic E-state index is 12.7. The molecular weight excluding hydrogens is 406 g/mol. The molecule has 0 bridgehead atoms. The first-order valence-electron chi connectivity index (χ1n) is 12.0. The van der Waals surface area contributed by atoms with Crippen LogP contribution in [-0.2, 0) is 6.54 Å². The number of aromatic nitrogens is 1. The summed E-state index contributed by atoms with van der Waals surface area (Å²) in [6.07, 6.45) is 3.95. The zero-order valence-corrected chi connectivity index (χ0v) is 19.7. The lowest BCUT2D eigenvalue weighted by Crippen LogP contribution is -2.31. The van der Waals surface area contributed by atoms with Crippen molar-refractivity contribution in [1.82, 2.24) is 14.8 Å². The van der Waals surface area contributed by atoms with E-state index in [-0.39, 0.29) is 5.91 Å². The van der Waals surface area contributed by atoms with Gasteiger partial charge in [0.25, 0.3) is 5.91 Å². The Morgan fingerprint density at radius 2 is 1.42 bits per heavy atom.